The maximum Gasteiger partial charge on any atom is 0.272 e. The van der Waals surface area contributed by atoms with E-state index in [0.717, 1.165) is 34.6 Å². The maximum atomic E-state index is 13.1. The van der Waals surface area contributed by atoms with Crippen molar-refractivity contribution in [1.29, 1.82) is 0 Å². The molecule has 1 unspecified atom stereocenters. The van der Waals surface area contributed by atoms with Crippen LogP contribution in [0.3, 0.4) is 0 Å². The van der Waals surface area contributed by atoms with Gasteiger partial charge in [0, 0.05) is 42.2 Å². The SMILES string of the molecule is Cn1nc(C2CC2)cc1NC1CCN(c2ccc(-c3n[nH]c(=O)c4ccccc34)cc2)C1=O. The number of fused-ring (bicyclic) bond motifs is 1. The second kappa shape index (κ2) is 7.58. The molecule has 33 heavy (non-hydrogen) atoms. The fourth-order valence-electron chi connectivity index (χ4n) is 4.59. The number of carbonyl (C=O) groups excluding carboxylic acids is 1. The second-order valence-electron chi connectivity index (χ2n) is 8.82. The third-order valence-electron chi connectivity index (χ3n) is 6.57. The molecule has 4 aromatic rings. The van der Waals surface area contributed by atoms with Gasteiger partial charge in [0.25, 0.3) is 5.56 Å². The largest absolute Gasteiger partial charge is 0.359 e. The Kier molecular flexibility index (Phi) is 4.53. The summed E-state index contributed by atoms with van der Waals surface area (Å²) >= 11 is 0. The van der Waals surface area contributed by atoms with E-state index in [2.05, 4.69) is 26.7 Å². The smallest absolute Gasteiger partial charge is 0.272 e. The standard InChI is InChI=1S/C25H24N6O2/c1-30-22(14-21(29-30)15-6-7-15)26-20-12-13-31(25(20)33)17-10-8-16(9-11-17)23-18-4-2-3-5-19(18)24(32)28-27-23/h2-5,8-11,14-15,20,26H,6-7,12-13H2,1H3,(H,28,32). The molecule has 8 nitrogen and oxygen atoms in total. The molecule has 166 valence electrons. The van der Waals surface area contributed by atoms with Gasteiger partial charge in [-0.3, -0.25) is 14.3 Å². The van der Waals surface area contributed by atoms with E-state index < -0.39 is 0 Å². The summed E-state index contributed by atoms with van der Waals surface area (Å²) in [5.74, 6) is 1.53. The number of carbonyl (C=O) groups is 1. The van der Waals surface area contributed by atoms with Gasteiger partial charge < -0.3 is 10.2 Å². The normalized spacial score (nSPS) is 18.3. The zero-order chi connectivity index (χ0) is 22.5. The van der Waals surface area contributed by atoms with E-state index >= 15 is 0 Å². The average Bonchev–Trinajstić information content (AvgIpc) is 3.54. The van der Waals surface area contributed by atoms with Gasteiger partial charge in [0.2, 0.25) is 5.91 Å². The molecule has 0 bridgehead atoms. The Morgan fingerprint density at radius 2 is 1.76 bits per heavy atom. The minimum absolute atomic E-state index is 0.0598. The van der Waals surface area contributed by atoms with Crippen molar-refractivity contribution in [1.82, 2.24) is 20.0 Å². The lowest BCUT2D eigenvalue weighted by molar-refractivity contribution is -0.117. The molecule has 1 saturated heterocycles. The zero-order valence-electron chi connectivity index (χ0n) is 18.3. The van der Waals surface area contributed by atoms with Crippen molar-refractivity contribution in [3.8, 4) is 11.3 Å². The lowest BCUT2D eigenvalue weighted by Crippen LogP contribution is -2.33. The lowest BCUT2D eigenvalue weighted by Gasteiger charge is -2.18. The van der Waals surface area contributed by atoms with Crippen molar-refractivity contribution in [2.75, 3.05) is 16.8 Å². The Morgan fingerprint density at radius 3 is 2.52 bits per heavy atom. The molecule has 1 atom stereocenters. The summed E-state index contributed by atoms with van der Waals surface area (Å²) in [6, 6.07) is 17.0. The van der Waals surface area contributed by atoms with Crippen LogP contribution in [-0.4, -0.2) is 38.5 Å². The van der Waals surface area contributed by atoms with Crippen LogP contribution in [0.4, 0.5) is 11.5 Å². The predicted molar refractivity (Wildman–Crippen MR) is 127 cm³/mol. The topological polar surface area (TPSA) is 95.9 Å². The predicted octanol–water partition coefficient (Wildman–Crippen LogP) is 3.42. The van der Waals surface area contributed by atoms with Crippen LogP contribution in [0, 0.1) is 0 Å². The van der Waals surface area contributed by atoms with Crippen LogP contribution < -0.4 is 15.8 Å². The summed E-state index contributed by atoms with van der Waals surface area (Å²) in [4.78, 5) is 27.0. The monoisotopic (exact) mass is 440 g/mol. The van der Waals surface area contributed by atoms with Crippen LogP contribution >= 0.6 is 0 Å². The number of rotatable bonds is 5. The highest BCUT2D eigenvalue weighted by atomic mass is 16.2. The third-order valence-corrected chi connectivity index (χ3v) is 6.57. The van der Waals surface area contributed by atoms with Gasteiger partial charge in [-0.25, -0.2) is 5.10 Å². The van der Waals surface area contributed by atoms with Crippen LogP contribution in [0.2, 0.25) is 0 Å². The summed E-state index contributed by atoms with van der Waals surface area (Å²) < 4.78 is 1.83. The fourth-order valence-corrected chi connectivity index (χ4v) is 4.59. The summed E-state index contributed by atoms with van der Waals surface area (Å²) in [7, 11) is 1.92. The van der Waals surface area contributed by atoms with E-state index in [1.165, 1.54) is 12.8 Å². The Labute approximate surface area is 190 Å². The van der Waals surface area contributed by atoms with Crippen molar-refractivity contribution in [3.63, 3.8) is 0 Å². The first-order chi connectivity index (χ1) is 16.1. The molecule has 1 saturated carbocycles. The highest BCUT2D eigenvalue weighted by Crippen LogP contribution is 2.40. The van der Waals surface area contributed by atoms with Gasteiger partial charge in [0.1, 0.15) is 11.9 Å². The number of hydrogen-bond donors (Lipinski definition) is 2. The molecule has 2 N–H and O–H groups in total. The van der Waals surface area contributed by atoms with Gasteiger partial charge in [-0.05, 0) is 37.5 Å². The van der Waals surface area contributed by atoms with E-state index in [0.29, 0.717) is 23.5 Å². The number of nitrogens with one attached hydrogen (secondary N) is 2. The van der Waals surface area contributed by atoms with Gasteiger partial charge in [-0.2, -0.15) is 10.2 Å². The molecule has 1 amide bonds. The van der Waals surface area contributed by atoms with Crippen molar-refractivity contribution in [3.05, 3.63) is 70.6 Å². The maximum absolute atomic E-state index is 13.1. The third kappa shape index (κ3) is 3.47. The number of hydrogen-bond acceptors (Lipinski definition) is 5. The van der Waals surface area contributed by atoms with Gasteiger partial charge in [0.05, 0.1) is 16.8 Å². The van der Waals surface area contributed by atoms with Crippen LogP contribution in [0.25, 0.3) is 22.0 Å². The minimum Gasteiger partial charge on any atom is -0.359 e. The first kappa shape index (κ1) is 19.7. The molecule has 3 heterocycles. The number of aromatic amines is 1. The number of benzene rings is 2. The van der Waals surface area contributed by atoms with Crippen LogP contribution in [0.15, 0.2) is 59.4 Å². The molecule has 2 aromatic heterocycles. The van der Waals surface area contributed by atoms with Crippen molar-refractivity contribution >= 4 is 28.2 Å². The van der Waals surface area contributed by atoms with Crippen LogP contribution in [-0.2, 0) is 11.8 Å². The Morgan fingerprint density at radius 1 is 1.00 bits per heavy atom. The number of amides is 1. The molecule has 1 aliphatic carbocycles. The summed E-state index contributed by atoms with van der Waals surface area (Å²) in [5, 5.41) is 16.2. The van der Waals surface area contributed by atoms with Crippen LogP contribution in [0.5, 0.6) is 0 Å². The fraction of sp³-hybridized carbons (Fsp3) is 0.280. The van der Waals surface area contributed by atoms with E-state index in [4.69, 9.17) is 0 Å². The molecule has 2 aromatic carbocycles. The molecule has 0 radical (unpaired) electrons. The van der Waals surface area contributed by atoms with E-state index in [1.807, 2.05) is 59.1 Å². The van der Waals surface area contributed by atoms with E-state index in [1.54, 1.807) is 6.07 Å². The highest BCUT2D eigenvalue weighted by Gasteiger charge is 2.34. The summed E-state index contributed by atoms with van der Waals surface area (Å²) in [6.07, 6.45) is 3.14. The Balaban J connectivity index is 1.22. The number of H-pyrrole nitrogens is 1. The van der Waals surface area contributed by atoms with Crippen molar-refractivity contribution in [2.45, 2.75) is 31.2 Å². The molecule has 0 spiro atoms. The van der Waals surface area contributed by atoms with Crippen LogP contribution in [0.1, 0.15) is 30.9 Å². The van der Waals surface area contributed by atoms with E-state index in [9.17, 15) is 9.59 Å². The molecule has 2 fully saturated rings. The molecular formula is C25H24N6O2. The first-order valence-corrected chi connectivity index (χ1v) is 11.3. The molecule has 8 heteroatoms. The number of nitrogens with zero attached hydrogens (tertiary/aromatic N) is 4. The Bertz CT molecular complexity index is 1420. The minimum atomic E-state index is -0.267. The molecular weight excluding hydrogens is 416 g/mol. The number of aryl methyl sites for hydroxylation is 1. The lowest BCUT2D eigenvalue weighted by atomic mass is 10.0. The van der Waals surface area contributed by atoms with Gasteiger partial charge in [0.15, 0.2) is 0 Å². The number of aromatic nitrogens is 4. The zero-order valence-corrected chi connectivity index (χ0v) is 18.3. The van der Waals surface area contributed by atoms with E-state index in [-0.39, 0.29) is 17.5 Å². The quantitative estimate of drug-likeness (QED) is 0.496. The molecule has 1 aliphatic heterocycles. The summed E-state index contributed by atoms with van der Waals surface area (Å²) in [6.45, 7) is 0.656. The Hall–Kier alpha value is -3.94. The van der Waals surface area contributed by atoms with Gasteiger partial charge >= 0.3 is 0 Å². The van der Waals surface area contributed by atoms with Crippen molar-refractivity contribution < 1.29 is 4.79 Å². The van der Waals surface area contributed by atoms with Gasteiger partial charge in [-0.15, -0.1) is 0 Å². The highest BCUT2D eigenvalue weighted by molar-refractivity contribution is 6.01. The summed E-state index contributed by atoms with van der Waals surface area (Å²) in [5.41, 5.74) is 3.36. The molecule has 6 rings (SSSR count). The van der Waals surface area contributed by atoms with Crippen molar-refractivity contribution in [2.24, 2.45) is 7.05 Å². The number of anilines is 2. The molecule has 2 aliphatic rings. The second-order valence-corrected chi connectivity index (χ2v) is 8.82. The first-order valence-electron chi connectivity index (χ1n) is 11.3. The van der Waals surface area contributed by atoms with Gasteiger partial charge in [-0.1, -0.05) is 30.3 Å². The average molecular weight is 441 g/mol.